The molecule has 2 rings (SSSR count). The first kappa shape index (κ1) is 9.47. The van der Waals surface area contributed by atoms with Crippen LogP contribution >= 0.6 is 0 Å². The Morgan fingerprint density at radius 2 is 2.31 bits per heavy atom. The molecule has 2 bridgehead atoms. The molecule has 0 aliphatic carbocycles. The molecule has 2 aliphatic rings. The number of hydrogen-bond donors (Lipinski definition) is 1. The van der Waals surface area contributed by atoms with Gasteiger partial charge in [0.05, 0.1) is 18.3 Å². The largest absolute Gasteiger partial charge is 0.393 e. The van der Waals surface area contributed by atoms with Crippen LogP contribution < -0.4 is 0 Å². The van der Waals surface area contributed by atoms with Crippen molar-refractivity contribution >= 4 is 0 Å². The van der Waals surface area contributed by atoms with Gasteiger partial charge in [-0.1, -0.05) is 19.8 Å². The van der Waals surface area contributed by atoms with E-state index in [0.717, 1.165) is 19.3 Å². The van der Waals surface area contributed by atoms with Gasteiger partial charge in [-0.15, -0.1) is 0 Å². The van der Waals surface area contributed by atoms with Gasteiger partial charge in [-0.2, -0.15) is 0 Å². The topological polar surface area (TPSA) is 29.5 Å². The lowest BCUT2D eigenvalue weighted by atomic mass is 9.83. The lowest BCUT2D eigenvalue weighted by Crippen LogP contribution is -2.29. The molecule has 0 aromatic heterocycles. The summed E-state index contributed by atoms with van der Waals surface area (Å²) in [5, 5.41) is 9.92. The van der Waals surface area contributed by atoms with Crippen molar-refractivity contribution < 1.29 is 9.84 Å². The fourth-order valence-electron chi connectivity index (χ4n) is 2.71. The second-order valence-electron chi connectivity index (χ2n) is 4.48. The molecular formula is C11H20O2. The summed E-state index contributed by atoms with van der Waals surface area (Å²) in [5.41, 5.74) is 0. The molecule has 13 heavy (non-hydrogen) atoms. The van der Waals surface area contributed by atoms with Gasteiger partial charge in [0, 0.05) is 5.92 Å². The zero-order chi connectivity index (χ0) is 9.26. The molecule has 0 spiro atoms. The van der Waals surface area contributed by atoms with Crippen LogP contribution in [-0.2, 0) is 4.74 Å². The lowest BCUT2D eigenvalue weighted by molar-refractivity contribution is 0.0379. The van der Waals surface area contributed by atoms with Crippen LogP contribution in [0.1, 0.15) is 45.4 Å². The molecule has 2 aliphatic heterocycles. The standard InChI is InChI=1S/C11H20O2/c1-2-3-4-10(12)9-7-8-5-6-11(9)13-8/h8-12H,2-7H2,1H3. The molecule has 4 unspecified atom stereocenters. The Hall–Kier alpha value is -0.0800. The van der Waals surface area contributed by atoms with Gasteiger partial charge in [-0.05, 0) is 25.7 Å². The van der Waals surface area contributed by atoms with E-state index in [1.165, 1.54) is 19.3 Å². The summed E-state index contributed by atoms with van der Waals surface area (Å²) >= 11 is 0. The van der Waals surface area contributed by atoms with Gasteiger partial charge >= 0.3 is 0 Å². The Morgan fingerprint density at radius 1 is 1.46 bits per heavy atom. The van der Waals surface area contributed by atoms with Gasteiger partial charge in [0.25, 0.3) is 0 Å². The molecule has 2 nitrogen and oxygen atoms in total. The van der Waals surface area contributed by atoms with Crippen molar-refractivity contribution in [3.05, 3.63) is 0 Å². The Balaban J connectivity index is 1.80. The van der Waals surface area contributed by atoms with Crippen LogP contribution in [0.15, 0.2) is 0 Å². The van der Waals surface area contributed by atoms with E-state index in [4.69, 9.17) is 4.74 Å². The predicted molar refractivity (Wildman–Crippen MR) is 51.5 cm³/mol. The number of unbranched alkanes of at least 4 members (excludes halogenated alkanes) is 1. The van der Waals surface area contributed by atoms with Crippen molar-refractivity contribution in [2.24, 2.45) is 5.92 Å². The Morgan fingerprint density at radius 3 is 2.85 bits per heavy atom. The van der Waals surface area contributed by atoms with Crippen molar-refractivity contribution in [1.29, 1.82) is 0 Å². The first-order valence-electron chi connectivity index (χ1n) is 5.64. The predicted octanol–water partition coefficient (Wildman–Crippen LogP) is 2.10. The average Bonchev–Trinajstić information content (AvgIpc) is 2.74. The van der Waals surface area contributed by atoms with E-state index in [2.05, 4.69) is 6.92 Å². The molecule has 0 amide bonds. The number of aliphatic hydroxyl groups excluding tert-OH is 1. The third-order valence-corrected chi connectivity index (χ3v) is 3.50. The van der Waals surface area contributed by atoms with Crippen LogP contribution in [0.2, 0.25) is 0 Å². The Kier molecular flexibility index (Phi) is 2.89. The molecule has 0 aromatic carbocycles. The molecule has 1 N–H and O–H groups in total. The summed E-state index contributed by atoms with van der Waals surface area (Å²) < 4.78 is 5.73. The van der Waals surface area contributed by atoms with Crippen LogP contribution in [0.5, 0.6) is 0 Å². The second-order valence-corrected chi connectivity index (χ2v) is 4.48. The summed E-state index contributed by atoms with van der Waals surface area (Å²) in [6, 6.07) is 0. The fraction of sp³-hybridized carbons (Fsp3) is 1.00. The van der Waals surface area contributed by atoms with E-state index in [9.17, 15) is 5.11 Å². The first-order chi connectivity index (χ1) is 6.31. The summed E-state index contributed by atoms with van der Waals surface area (Å²) in [5.74, 6) is 0.449. The van der Waals surface area contributed by atoms with Gasteiger partial charge in [0.2, 0.25) is 0 Å². The minimum atomic E-state index is -0.102. The number of ether oxygens (including phenoxy) is 1. The Labute approximate surface area is 80.3 Å². The van der Waals surface area contributed by atoms with Crippen LogP contribution in [0.25, 0.3) is 0 Å². The molecule has 2 heteroatoms. The fourth-order valence-corrected chi connectivity index (χ4v) is 2.71. The molecular weight excluding hydrogens is 164 g/mol. The quantitative estimate of drug-likeness (QED) is 0.725. The smallest absolute Gasteiger partial charge is 0.0633 e. The molecule has 76 valence electrons. The van der Waals surface area contributed by atoms with E-state index < -0.39 is 0 Å². The minimum absolute atomic E-state index is 0.102. The maximum Gasteiger partial charge on any atom is 0.0633 e. The van der Waals surface area contributed by atoms with Crippen LogP contribution in [0, 0.1) is 5.92 Å². The summed E-state index contributed by atoms with van der Waals surface area (Å²) in [6.07, 6.45) is 7.57. The highest BCUT2D eigenvalue weighted by Gasteiger charge is 2.43. The van der Waals surface area contributed by atoms with E-state index in [1.807, 2.05) is 0 Å². The third-order valence-electron chi connectivity index (χ3n) is 3.50. The number of aliphatic hydroxyl groups is 1. The van der Waals surface area contributed by atoms with Crippen molar-refractivity contribution in [3.8, 4) is 0 Å². The van der Waals surface area contributed by atoms with E-state index in [1.54, 1.807) is 0 Å². The van der Waals surface area contributed by atoms with E-state index in [-0.39, 0.29) is 6.10 Å². The van der Waals surface area contributed by atoms with Gasteiger partial charge in [-0.3, -0.25) is 0 Å². The minimum Gasteiger partial charge on any atom is -0.393 e. The highest BCUT2D eigenvalue weighted by molar-refractivity contribution is 4.92. The van der Waals surface area contributed by atoms with Gasteiger partial charge in [0.15, 0.2) is 0 Å². The maximum absolute atomic E-state index is 9.92. The lowest BCUT2D eigenvalue weighted by Gasteiger charge is -2.23. The van der Waals surface area contributed by atoms with Gasteiger partial charge < -0.3 is 9.84 Å². The van der Waals surface area contributed by atoms with Crippen molar-refractivity contribution in [2.75, 3.05) is 0 Å². The normalized spacial score (nSPS) is 39.7. The number of rotatable bonds is 4. The molecule has 0 saturated carbocycles. The Bertz CT molecular complexity index is 169. The maximum atomic E-state index is 9.92. The average molecular weight is 184 g/mol. The van der Waals surface area contributed by atoms with Crippen molar-refractivity contribution in [1.82, 2.24) is 0 Å². The number of hydrogen-bond acceptors (Lipinski definition) is 2. The van der Waals surface area contributed by atoms with Crippen LogP contribution in [0.4, 0.5) is 0 Å². The highest BCUT2D eigenvalue weighted by Crippen LogP contribution is 2.41. The summed E-state index contributed by atoms with van der Waals surface area (Å²) in [7, 11) is 0. The van der Waals surface area contributed by atoms with Crippen molar-refractivity contribution in [3.63, 3.8) is 0 Å². The first-order valence-corrected chi connectivity index (χ1v) is 5.64. The molecule has 2 saturated heterocycles. The third kappa shape index (κ3) is 1.89. The van der Waals surface area contributed by atoms with E-state index in [0.29, 0.717) is 18.1 Å². The second kappa shape index (κ2) is 3.97. The van der Waals surface area contributed by atoms with Gasteiger partial charge in [0.1, 0.15) is 0 Å². The van der Waals surface area contributed by atoms with Crippen LogP contribution in [-0.4, -0.2) is 23.4 Å². The van der Waals surface area contributed by atoms with Crippen molar-refractivity contribution in [2.45, 2.75) is 63.8 Å². The van der Waals surface area contributed by atoms with Crippen LogP contribution in [0.3, 0.4) is 0 Å². The molecule has 0 aromatic rings. The summed E-state index contributed by atoms with van der Waals surface area (Å²) in [4.78, 5) is 0. The number of fused-ring (bicyclic) bond motifs is 2. The molecule has 0 radical (unpaired) electrons. The molecule has 4 atom stereocenters. The molecule has 2 heterocycles. The van der Waals surface area contributed by atoms with Gasteiger partial charge in [-0.25, -0.2) is 0 Å². The zero-order valence-corrected chi connectivity index (χ0v) is 8.41. The molecule has 2 fully saturated rings. The highest BCUT2D eigenvalue weighted by atomic mass is 16.5. The monoisotopic (exact) mass is 184 g/mol. The zero-order valence-electron chi connectivity index (χ0n) is 8.41. The SMILES string of the molecule is CCCCC(O)C1CC2CCC1O2. The summed E-state index contributed by atoms with van der Waals surface area (Å²) in [6.45, 7) is 2.17. The van der Waals surface area contributed by atoms with E-state index >= 15 is 0 Å².